The summed E-state index contributed by atoms with van der Waals surface area (Å²) >= 11 is 0. The summed E-state index contributed by atoms with van der Waals surface area (Å²) in [5.41, 5.74) is 11.1. The highest BCUT2D eigenvalue weighted by Gasteiger charge is 2.21. The van der Waals surface area contributed by atoms with Crippen LogP contribution in [0.4, 0.5) is 0 Å². The standard InChI is InChI=1S/C26H22N4O3/c27-10-5-11-30-14-19(18-12-22-23(13-21(18)30)33-15-32-22)25-26(31)28-20-9-4-8-17(24(20)29-25)16-6-2-1-3-7-16/h1-4,6-9,12-14H,5,10-11,15,27H2,(H,28,31). The molecule has 3 N–H and O–H groups in total. The molecule has 0 fully saturated rings. The van der Waals surface area contributed by atoms with Crippen molar-refractivity contribution >= 4 is 21.9 Å². The molecule has 3 aromatic carbocycles. The summed E-state index contributed by atoms with van der Waals surface area (Å²) in [6, 6.07) is 19.8. The van der Waals surface area contributed by atoms with Crippen LogP contribution < -0.4 is 20.8 Å². The number of para-hydroxylation sites is 1. The van der Waals surface area contributed by atoms with Crippen LogP contribution in [-0.4, -0.2) is 27.9 Å². The molecule has 0 spiro atoms. The van der Waals surface area contributed by atoms with Crippen LogP contribution in [0, 0.1) is 0 Å². The van der Waals surface area contributed by atoms with E-state index in [0.717, 1.165) is 46.1 Å². The van der Waals surface area contributed by atoms with E-state index in [0.29, 0.717) is 29.3 Å². The number of benzene rings is 3. The smallest absolute Gasteiger partial charge is 0.275 e. The van der Waals surface area contributed by atoms with Crippen molar-refractivity contribution in [1.29, 1.82) is 0 Å². The quantitative estimate of drug-likeness (QED) is 0.427. The molecule has 7 heteroatoms. The first-order valence-electron chi connectivity index (χ1n) is 10.9. The third-order valence-corrected chi connectivity index (χ3v) is 6.04. The van der Waals surface area contributed by atoms with Crippen LogP contribution >= 0.6 is 0 Å². The molecule has 5 aromatic rings. The van der Waals surface area contributed by atoms with Crippen LogP contribution in [0.3, 0.4) is 0 Å². The fraction of sp³-hybridized carbons (Fsp3) is 0.154. The summed E-state index contributed by atoms with van der Waals surface area (Å²) < 4.78 is 13.3. The van der Waals surface area contributed by atoms with E-state index in [4.69, 9.17) is 20.2 Å². The van der Waals surface area contributed by atoms with Crippen molar-refractivity contribution in [1.82, 2.24) is 14.5 Å². The fourth-order valence-electron chi connectivity index (χ4n) is 4.46. The van der Waals surface area contributed by atoms with Gasteiger partial charge in [0.25, 0.3) is 5.56 Å². The van der Waals surface area contributed by atoms with Gasteiger partial charge in [-0.1, -0.05) is 42.5 Å². The third-order valence-electron chi connectivity index (χ3n) is 6.04. The second kappa shape index (κ2) is 7.79. The zero-order valence-corrected chi connectivity index (χ0v) is 17.9. The van der Waals surface area contributed by atoms with Gasteiger partial charge in [0.15, 0.2) is 11.5 Å². The number of aromatic nitrogens is 3. The molecule has 33 heavy (non-hydrogen) atoms. The van der Waals surface area contributed by atoms with Gasteiger partial charge in [0.1, 0.15) is 5.69 Å². The summed E-state index contributed by atoms with van der Waals surface area (Å²) in [6.07, 6.45) is 2.79. The van der Waals surface area contributed by atoms with Crippen LogP contribution in [0.25, 0.3) is 44.3 Å². The molecule has 164 valence electrons. The number of fused-ring (bicyclic) bond motifs is 3. The van der Waals surface area contributed by atoms with Gasteiger partial charge < -0.3 is 24.8 Å². The third kappa shape index (κ3) is 3.25. The highest BCUT2D eigenvalue weighted by Crippen LogP contribution is 2.40. The highest BCUT2D eigenvalue weighted by molar-refractivity contribution is 5.99. The average Bonchev–Trinajstić information content (AvgIpc) is 3.45. The normalized spacial score (nSPS) is 12.6. The van der Waals surface area contributed by atoms with Crippen LogP contribution in [0.15, 0.2) is 71.7 Å². The summed E-state index contributed by atoms with van der Waals surface area (Å²) in [7, 11) is 0. The van der Waals surface area contributed by atoms with Crippen molar-refractivity contribution in [3.8, 4) is 33.9 Å². The Balaban J connectivity index is 1.61. The zero-order chi connectivity index (χ0) is 22.4. The van der Waals surface area contributed by atoms with E-state index in [2.05, 4.69) is 9.55 Å². The first-order valence-corrected chi connectivity index (χ1v) is 10.9. The zero-order valence-electron chi connectivity index (χ0n) is 17.9. The molecule has 0 saturated carbocycles. The number of hydrogen-bond acceptors (Lipinski definition) is 5. The topological polar surface area (TPSA) is 95.2 Å². The number of H-pyrrole nitrogens is 1. The van der Waals surface area contributed by atoms with Crippen LogP contribution in [0.1, 0.15) is 6.42 Å². The van der Waals surface area contributed by atoms with E-state index in [-0.39, 0.29) is 12.4 Å². The summed E-state index contributed by atoms with van der Waals surface area (Å²) in [4.78, 5) is 21.1. The Bertz CT molecular complexity index is 1550. The molecule has 6 rings (SSSR count). The number of ether oxygens (including phenoxy) is 2. The first-order chi connectivity index (χ1) is 16.2. The van der Waals surface area contributed by atoms with Gasteiger partial charge in [0.05, 0.1) is 16.6 Å². The van der Waals surface area contributed by atoms with Gasteiger partial charge in [-0.3, -0.25) is 4.79 Å². The van der Waals surface area contributed by atoms with E-state index >= 15 is 0 Å². The van der Waals surface area contributed by atoms with Crippen molar-refractivity contribution < 1.29 is 9.47 Å². The number of nitrogens with zero attached hydrogens (tertiary/aromatic N) is 2. The Morgan fingerprint density at radius 2 is 1.82 bits per heavy atom. The summed E-state index contributed by atoms with van der Waals surface area (Å²) in [6.45, 7) is 1.50. The molecule has 0 atom stereocenters. The number of hydrogen-bond donors (Lipinski definition) is 2. The minimum atomic E-state index is -0.233. The minimum Gasteiger partial charge on any atom is -0.454 e. The predicted octanol–water partition coefficient (Wildman–Crippen LogP) is 4.29. The molecular formula is C26H22N4O3. The molecule has 0 amide bonds. The van der Waals surface area contributed by atoms with E-state index in [1.165, 1.54) is 0 Å². The molecule has 3 heterocycles. The van der Waals surface area contributed by atoms with Crippen molar-refractivity contribution in [2.24, 2.45) is 5.73 Å². The molecule has 1 aliphatic heterocycles. The van der Waals surface area contributed by atoms with E-state index < -0.39 is 0 Å². The van der Waals surface area contributed by atoms with Crippen molar-refractivity contribution in [2.75, 3.05) is 13.3 Å². The molecule has 0 radical (unpaired) electrons. The molecule has 0 saturated heterocycles. The number of nitrogens with one attached hydrogen (secondary N) is 1. The van der Waals surface area contributed by atoms with E-state index in [1.54, 1.807) is 0 Å². The Morgan fingerprint density at radius 1 is 1.00 bits per heavy atom. The molecule has 0 unspecified atom stereocenters. The van der Waals surface area contributed by atoms with Crippen molar-refractivity contribution in [3.63, 3.8) is 0 Å². The van der Waals surface area contributed by atoms with Crippen molar-refractivity contribution in [2.45, 2.75) is 13.0 Å². The van der Waals surface area contributed by atoms with Gasteiger partial charge in [0, 0.05) is 35.3 Å². The molecule has 7 nitrogen and oxygen atoms in total. The Labute approximate surface area is 189 Å². The fourth-order valence-corrected chi connectivity index (χ4v) is 4.46. The van der Waals surface area contributed by atoms with Crippen LogP contribution in [0.2, 0.25) is 0 Å². The maximum atomic E-state index is 13.2. The lowest BCUT2D eigenvalue weighted by molar-refractivity contribution is 0.174. The maximum Gasteiger partial charge on any atom is 0.275 e. The van der Waals surface area contributed by atoms with Crippen LogP contribution in [0.5, 0.6) is 11.5 Å². The second-order valence-electron chi connectivity index (χ2n) is 8.08. The summed E-state index contributed by atoms with van der Waals surface area (Å²) in [5, 5.41) is 0.894. The highest BCUT2D eigenvalue weighted by atomic mass is 16.7. The van der Waals surface area contributed by atoms with Gasteiger partial charge in [-0.15, -0.1) is 0 Å². The lowest BCUT2D eigenvalue weighted by atomic mass is 10.0. The van der Waals surface area contributed by atoms with Gasteiger partial charge in [0.2, 0.25) is 6.79 Å². The van der Waals surface area contributed by atoms with E-state index in [9.17, 15) is 4.79 Å². The first kappa shape index (κ1) is 19.6. The van der Waals surface area contributed by atoms with Gasteiger partial charge in [-0.25, -0.2) is 4.98 Å². The van der Waals surface area contributed by atoms with Gasteiger partial charge in [-0.2, -0.15) is 0 Å². The lowest BCUT2D eigenvalue weighted by Gasteiger charge is -2.08. The Morgan fingerprint density at radius 3 is 2.64 bits per heavy atom. The second-order valence-corrected chi connectivity index (χ2v) is 8.08. The predicted molar refractivity (Wildman–Crippen MR) is 129 cm³/mol. The van der Waals surface area contributed by atoms with Gasteiger partial charge >= 0.3 is 0 Å². The minimum absolute atomic E-state index is 0.190. The van der Waals surface area contributed by atoms with Crippen LogP contribution in [-0.2, 0) is 6.54 Å². The average molecular weight is 438 g/mol. The maximum absolute atomic E-state index is 13.2. The monoisotopic (exact) mass is 438 g/mol. The van der Waals surface area contributed by atoms with E-state index in [1.807, 2.05) is 66.9 Å². The number of aromatic amines is 1. The molecule has 1 aliphatic rings. The molecule has 0 bridgehead atoms. The van der Waals surface area contributed by atoms with Crippen molar-refractivity contribution in [3.05, 3.63) is 77.2 Å². The SMILES string of the molecule is NCCCn1cc(-c2nc3c(-c4ccccc4)cccc3[nH]c2=O)c2cc3c(cc21)OCO3. The Hall–Kier alpha value is -4.10. The number of rotatable bonds is 5. The van der Waals surface area contributed by atoms with Gasteiger partial charge in [-0.05, 0) is 30.7 Å². The number of nitrogens with two attached hydrogens (primary N) is 1. The molecule has 2 aromatic heterocycles. The lowest BCUT2D eigenvalue weighted by Crippen LogP contribution is -2.11. The molecule has 0 aliphatic carbocycles. The number of aryl methyl sites for hydroxylation is 1. The largest absolute Gasteiger partial charge is 0.454 e. The summed E-state index contributed by atoms with van der Waals surface area (Å²) in [5.74, 6) is 1.37. The Kier molecular flexibility index (Phi) is 4.62. The molecular weight excluding hydrogens is 416 g/mol.